The maximum absolute atomic E-state index is 13.5. The van der Waals surface area contributed by atoms with Crippen molar-refractivity contribution in [3.63, 3.8) is 0 Å². The molecule has 2 aliphatic rings. The number of hydrogen-bond donors (Lipinski definition) is 2. The predicted molar refractivity (Wildman–Crippen MR) is 129 cm³/mol. The number of nitrogens with zero attached hydrogens (tertiary/aromatic N) is 2. The van der Waals surface area contributed by atoms with Gasteiger partial charge in [0.2, 0.25) is 0 Å². The van der Waals surface area contributed by atoms with Crippen LogP contribution >= 0.6 is 11.6 Å². The molecule has 180 valence electrons. The number of ether oxygens (including phenoxy) is 1. The SMILES string of the molecule is O=C(O)c1ccc(C2(NC(=O)c3cc(Cl)cnc3N3CC[C@@H](Oc4cccc(F)c4)C3)CC2)cc1. The number of carbonyl (C=O) groups excluding carboxylic acids is 1. The molecule has 1 aliphatic heterocycles. The Bertz CT molecular complexity index is 1280. The molecule has 1 aliphatic carbocycles. The Labute approximate surface area is 206 Å². The standard InChI is InChI=1S/C26H23ClFN3O4/c27-18-12-22(24(32)30-26(9-10-26)17-6-4-16(5-7-17)25(33)34)23(29-14-18)31-11-8-21(15-31)35-20-3-1-2-19(28)13-20/h1-7,12-14,21H,8-11,15H2,(H,30,32)(H,33,34)/t21-/m1/s1. The number of carbonyl (C=O) groups is 2. The number of amides is 1. The highest BCUT2D eigenvalue weighted by Gasteiger charge is 2.46. The third-order valence-corrected chi connectivity index (χ3v) is 6.62. The van der Waals surface area contributed by atoms with E-state index < -0.39 is 11.5 Å². The van der Waals surface area contributed by atoms with Crippen LogP contribution in [0.25, 0.3) is 0 Å². The molecule has 1 atom stereocenters. The molecule has 2 aromatic carbocycles. The number of anilines is 1. The molecular formula is C26H23ClFN3O4. The number of aromatic nitrogens is 1. The molecule has 2 heterocycles. The van der Waals surface area contributed by atoms with Crippen molar-refractivity contribution < 1.29 is 23.8 Å². The number of rotatable bonds is 7. The lowest BCUT2D eigenvalue weighted by Crippen LogP contribution is -2.36. The lowest BCUT2D eigenvalue weighted by atomic mass is 10.0. The lowest BCUT2D eigenvalue weighted by Gasteiger charge is -2.23. The van der Waals surface area contributed by atoms with E-state index in [-0.39, 0.29) is 23.4 Å². The molecule has 7 nitrogen and oxygen atoms in total. The maximum atomic E-state index is 13.5. The van der Waals surface area contributed by atoms with Crippen LogP contribution in [0.3, 0.4) is 0 Å². The summed E-state index contributed by atoms with van der Waals surface area (Å²) in [5.74, 6) is -0.685. The summed E-state index contributed by atoms with van der Waals surface area (Å²) in [6.45, 7) is 1.11. The van der Waals surface area contributed by atoms with Gasteiger partial charge in [-0.3, -0.25) is 4.79 Å². The van der Waals surface area contributed by atoms with Crippen LogP contribution in [0, 0.1) is 5.82 Å². The Kier molecular flexibility index (Phi) is 6.06. The van der Waals surface area contributed by atoms with Crippen LogP contribution in [0.15, 0.2) is 60.8 Å². The van der Waals surface area contributed by atoms with Crippen molar-refractivity contribution in [2.45, 2.75) is 30.9 Å². The smallest absolute Gasteiger partial charge is 0.335 e. The second-order valence-electron chi connectivity index (χ2n) is 8.88. The summed E-state index contributed by atoms with van der Waals surface area (Å²) >= 11 is 6.19. The van der Waals surface area contributed by atoms with Crippen molar-refractivity contribution in [2.75, 3.05) is 18.0 Å². The van der Waals surface area contributed by atoms with Crippen molar-refractivity contribution in [1.82, 2.24) is 10.3 Å². The average molecular weight is 496 g/mol. The monoisotopic (exact) mass is 495 g/mol. The van der Waals surface area contributed by atoms with Gasteiger partial charge >= 0.3 is 5.97 Å². The summed E-state index contributed by atoms with van der Waals surface area (Å²) in [5.41, 5.74) is 0.873. The van der Waals surface area contributed by atoms with Crippen LogP contribution in [0.1, 0.15) is 45.5 Å². The van der Waals surface area contributed by atoms with Gasteiger partial charge in [-0.25, -0.2) is 14.2 Å². The van der Waals surface area contributed by atoms with E-state index in [0.717, 1.165) is 18.4 Å². The molecule has 35 heavy (non-hydrogen) atoms. The summed E-state index contributed by atoms with van der Waals surface area (Å²) in [7, 11) is 0. The Balaban J connectivity index is 1.32. The van der Waals surface area contributed by atoms with Crippen molar-refractivity contribution in [3.8, 4) is 5.75 Å². The normalized spacial score (nSPS) is 18.2. The Hall–Kier alpha value is -3.65. The zero-order valence-electron chi connectivity index (χ0n) is 18.7. The number of pyridine rings is 1. The van der Waals surface area contributed by atoms with Gasteiger partial charge in [-0.15, -0.1) is 0 Å². The molecule has 1 saturated heterocycles. The van der Waals surface area contributed by atoms with E-state index in [9.17, 15) is 14.0 Å². The Morgan fingerprint density at radius 1 is 1.17 bits per heavy atom. The maximum Gasteiger partial charge on any atom is 0.335 e. The van der Waals surface area contributed by atoms with Crippen LogP contribution in [-0.2, 0) is 5.54 Å². The van der Waals surface area contributed by atoms with Gasteiger partial charge in [-0.05, 0) is 48.7 Å². The van der Waals surface area contributed by atoms with Crippen LogP contribution in [0.2, 0.25) is 5.02 Å². The van der Waals surface area contributed by atoms with E-state index in [1.165, 1.54) is 18.3 Å². The van der Waals surface area contributed by atoms with Crippen molar-refractivity contribution in [3.05, 3.63) is 88.3 Å². The fourth-order valence-electron chi connectivity index (χ4n) is 4.43. The third-order valence-electron chi connectivity index (χ3n) is 6.41. The van der Waals surface area contributed by atoms with Gasteiger partial charge < -0.3 is 20.1 Å². The highest BCUT2D eigenvalue weighted by molar-refractivity contribution is 6.31. The molecule has 1 amide bonds. The Morgan fingerprint density at radius 3 is 2.63 bits per heavy atom. The van der Waals surface area contributed by atoms with Gasteiger partial charge in [0.15, 0.2) is 0 Å². The molecule has 0 bridgehead atoms. The molecule has 1 aromatic heterocycles. The summed E-state index contributed by atoms with van der Waals surface area (Å²) in [6.07, 6.45) is 3.53. The number of carboxylic acids is 1. The first-order valence-corrected chi connectivity index (χ1v) is 11.7. The first-order valence-electron chi connectivity index (χ1n) is 11.3. The zero-order valence-corrected chi connectivity index (χ0v) is 19.5. The van der Waals surface area contributed by atoms with Gasteiger partial charge in [0.05, 0.1) is 28.2 Å². The summed E-state index contributed by atoms with van der Waals surface area (Å²) in [6, 6.07) is 14.2. The van der Waals surface area contributed by atoms with Crippen LogP contribution < -0.4 is 15.0 Å². The van der Waals surface area contributed by atoms with Gasteiger partial charge in [0.1, 0.15) is 23.5 Å². The van der Waals surface area contributed by atoms with Gasteiger partial charge in [-0.1, -0.05) is 29.8 Å². The van der Waals surface area contributed by atoms with E-state index in [2.05, 4.69) is 10.3 Å². The number of benzene rings is 2. The minimum atomic E-state index is -0.995. The molecule has 0 spiro atoms. The first-order chi connectivity index (χ1) is 16.8. The highest BCUT2D eigenvalue weighted by Crippen LogP contribution is 2.46. The fraction of sp³-hybridized carbons (Fsp3) is 0.269. The largest absolute Gasteiger partial charge is 0.488 e. The van der Waals surface area contributed by atoms with E-state index >= 15 is 0 Å². The van der Waals surface area contributed by atoms with Crippen LogP contribution in [-0.4, -0.2) is 41.2 Å². The van der Waals surface area contributed by atoms with E-state index in [0.29, 0.717) is 41.7 Å². The number of nitrogens with one attached hydrogen (secondary N) is 1. The van der Waals surface area contributed by atoms with Crippen molar-refractivity contribution >= 4 is 29.3 Å². The first kappa shape index (κ1) is 23.1. The Morgan fingerprint density at radius 2 is 1.94 bits per heavy atom. The summed E-state index contributed by atoms with van der Waals surface area (Å²) in [5, 5.41) is 12.6. The zero-order chi connectivity index (χ0) is 24.6. The molecule has 9 heteroatoms. The molecule has 0 unspecified atom stereocenters. The molecule has 5 rings (SSSR count). The number of aromatic carboxylic acids is 1. The second-order valence-corrected chi connectivity index (χ2v) is 9.31. The molecule has 2 N–H and O–H groups in total. The van der Waals surface area contributed by atoms with Gasteiger partial charge in [0, 0.05) is 25.2 Å². The molecule has 2 fully saturated rings. The minimum absolute atomic E-state index is 0.173. The van der Waals surface area contributed by atoms with Gasteiger partial charge in [-0.2, -0.15) is 0 Å². The molecule has 3 aromatic rings. The van der Waals surface area contributed by atoms with Crippen molar-refractivity contribution in [1.29, 1.82) is 0 Å². The van der Waals surface area contributed by atoms with E-state index in [1.807, 2.05) is 4.90 Å². The van der Waals surface area contributed by atoms with Gasteiger partial charge in [0.25, 0.3) is 5.91 Å². The molecule has 1 saturated carbocycles. The fourth-order valence-corrected chi connectivity index (χ4v) is 4.59. The quantitative estimate of drug-likeness (QED) is 0.496. The average Bonchev–Trinajstić information content (AvgIpc) is 3.48. The number of halogens is 2. The van der Waals surface area contributed by atoms with E-state index in [4.69, 9.17) is 21.4 Å². The van der Waals surface area contributed by atoms with Crippen LogP contribution in [0.5, 0.6) is 5.75 Å². The molecule has 0 radical (unpaired) electrons. The number of carboxylic acid groups (broad SMARTS) is 1. The topological polar surface area (TPSA) is 91.8 Å². The minimum Gasteiger partial charge on any atom is -0.488 e. The predicted octanol–water partition coefficient (Wildman–Crippen LogP) is 4.65. The highest BCUT2D eigenvalue weighted by atomic mass is 35.5. The number of hydrogen-bond acceptors (Lipinski definition) is 5. The summed E-state index contributed by atoms with van der Waals surface area (Å²) < 4.78 is 19.4. The second kappa shape index (κ2) is 9.19. The lowest BCUT2D eigenvalue weighted by molar-refractivity contribution is 0.0696. The van der Waals surface area contributed by atoms with E-state index in [1.54, 1.807) is 42.5 Å². The van der Waals surface area contributed by atoms with Crippen molar-refractivity contribution in [2.24, 2.45) is 0 Å². The third kappa shape index (κ3) is 4.93. The molecular weight excluding hydrogens is 473 g/mol. The van der Waals surface area contributed by atoms with Crippen LogP contribution in [0.4, 0.5) is 10.2 Å². The summed E-state index contributed by atoms with van der Waals surface area (Å²) in [4.78, 5) is 31.0.